The van der Waals surface area contributed by atoms with Crippen LogP contribution in [0.4, 0.5) is 10.5 Å². The van der Waals surface area contributed by atoms with Crippen LogP contribution in [0.3, 0.4) is 0 Å². The average molecular weight is 603 g/mol. The molecule has 1 fully saturated rings. The number of piperidine rings is 1. The minimum Gasteiger partial charge on any atom is -0.454 e. The highest BCUT2D eigenvalue weighted by molar-refractivity contribution is 6.24. The lowest BCUT2D eigenvalue weighted by Gasteiger charge is -2.61. The minimum atomic E-state index is -3.45. The standard InChI is InChI=1S/C30H30N6O8/c1-35(19-10-6-3-7-11-19)27(41)36-15-20(17-12-13-21-22(14-17)44-16-43-21)30(42,18-8-4-2-5-9-18)28(23(31)37,24(32)38)29(36,25(33)39)26(34)40/h2-14,20,42H,15-16H2,1H3,(H2,31,37)(H2,32,38)(H2,33,39)(H2,34,40). The summed E-state index contributed by atoms with van der Waals surface area (Å²) in [4.78, 5) is 71.1. The number of nitrogens with two attached hydrogens (primary N) is 4. The van der Waals surface area contributed by atoms with Crippen molar-refractivity contribution >= 4 is 35.3 Å². The summed E-state index contributed by atoms with van der Waals surface area (Å²) < 4.78 is 10.9. The monoisotopic (exact) mass is 602 g/mol. The number of para-hydroxylation sites is 1. The molecule has 5 rings (SSSR count). The number of anilines is 1. The maximum absolute atomic E-state index is 14.4. The third kappa shape index (κ3) is 3.80. The summed E-state index contributed by atoms with van der Waals surface area (Å²) in [6.45, 7) is -0.785. The van der Waals surface area contributed by atoms with Crippen LogP contribution in [-0.4, -0.2) is 65.6 Å². The molecule has 0 saturated carbocycles. The number of carbonyl (C=O) groups excluding carboxylic acids is 5. The molecule has 0 aliphatic carbocycles. The van der Waals surface area contributed by atoms with Crippen molar-refractivity contribution in [1.82, 2.24) is 4.90 Å². The summed E-state index contributed by atoms with van der Waals surface area (Å²) in [6, 6.07) is 18.7. The van der Waals surface area contributed by atoms with Gasteiger partial charge in [-0.3, -0.25) is 29.0 Å². The second-order valence-electron chi connectivity index (χ2n) is 10.5. The first-order valence-electron chi connectivity index (χ1n) is 13.3. The number of benzene rings is 3. The smallest absolute Gasteiger partial charge is 0.325 e. The molecule has 2 aliphatic heterocycles. The van der Waals surface area contributed by atoms with E-state index in [2.05, 4.69) is 0 Å². The van der Waals surface area contributed by atoms with E-state index >= 15 is 0 Å². The molecule has 2 atom stereocenters. The molecule has 14 heteroatoms. The van der Waals surface area contributed by atoms with Gasteiger partial charge in [-0.1, -0.05) is 54.6 Å². The fourth-order valence-corrected chi connectivity index (χ4v) is 6.55. The Hall–Kier alpha value is -5.63. The average Bonchev–Trinajstić information content (AvgIpc) is 3.48. The van der Waals surface area contributed by atoms with Crippen molar-refractivity contribution in [3.63, 3.8) is 0 Å². The van der Waals surface area contributed by atoms with Crippen molar-refractivity contribution in [1.29, 1.82) is 0 Å². The first-order chi connectivity index (χ1) is 20.9. The molecule has 6 amide bonds. The van der Waals surface area contributed by atoms with Crippen molar-refractivity contribution < 1.29 is 38.6 Å². The fourth-order valence-electron chi connectivity index (χ4n) is 6.55. The van der Waals surface area contributed by atoms with E-state index in [0.29, 0.717) is 16.3 Å². The molecule has 14 nitrogen and oxygen atoms in total. The number of fused-ring (bicyclic) bond motifs is 1. The number of urea groups is 1. The van der Waals surface area contributed by atoms with E-state index in [0.717, 1.165) is 4.90 Å². The number of nitrogens with zero attached hydrogens (tertiary/aromatic N) is 2. The Morgan fingerprint density at radius 3 is 1.89 bits per heavy atom. The number of ether oxygens (including phenoxy) is 2. The lowest BCUT2D eigenvalue weighted by atomic mass is 9.48. The second kappa shape index (κ2) is 10.6. The zero-order valence-corrected chi connectivity index (χ0v) is 23.5. The van der Waals surface area contributed by atoms with Gasteiger partial charge in [0.25, 0.3) is 11.8 Å². The normalized spacial score (nSPS) is 21.2. The Bertz CT molecular complexity index is 1640. The van der Waals surface area contributed by atoms with Crippen LogP contribution in [0, 0.1) is 5.41 Å². The number of hydrogen-bond acceptors (Lipinski definition) is 8. The molecule has 2 unspecified atom stereocenters. The van der Waals surface area contributed by atoms with Gasteiger partial charge in [-0.15, -0.1) is 0 Å². The molecule has 2 heterocycles. The van der Waals surface area contributed by atoms with Gasteiger partial charge in [-0.2, -0.15) is 0 Å². The van der Waals surface area contributed by atoms with Crippen molar-refractivity contribution in [3.8, 4) is 11.5 Å². The molecular weight excluding hydrogens is 572 g/mol. The zero-order chi connectivity index (χ0) is 32.0. The number of aliphatic hydroxyl groups is 1. The van der Waals surface area contributed by atoms with Crippen LogP contribution in [0.1, 0.15) is 17.0 Å². The SMILES string of the molecule is CN(C(=O)N1CC(c2ccc3c(c2)OCO3)C(O)(c2ccccc2)C(C(N)=O)(C(N)=O)C1(C(N)=O)C(N)=O)c1ccccc1. The molecular formula is C30H30N6O8. The van der Waals surface area contributed by atoms with Crippen LogP contribution in [0.15, 0.2) is 78.9 Å². The number of amides is 6. The van der Waals surface area contributed by atoms with E-state index < -0.39 is 58.7 Å². The van der Waals surface area contributed by atoms with Crippen LogP contribution in [0.25, 0.3) is 0 Å². The maximum Gasteiger partial charge on any atom is 0.325 e. The Kier molecular flexibility index (Phi) is 7.17. The van der Waals surface area contributed by atoms with Crippen molar-refractivity contribution in [2.24, 2.45) is 28.3 Å². The number of carbonyl (C=O) groups is 5. The Labute approximate surface area is 251 Å². The summed E-state index contributed by atoms with van der Waals surface area (Å²) in [5.41, 5.74) is 14.2. The summed E-state index contributed by atoms with van der Waals surface area (Å²) in [6.07, 6.45) is 0. The van der Waals surface area contributed by atoms with Gasteiger partial charge in [0.1, 0.15) is 5.60 Å². The fraction of sp³-hybridized carbons (Fsp3) is 0.233. The molecule has 2 aliphatic rings. The molecule has 1 saturated heterocycles. The molecule has 0 radical (unpaired) electrons. The largest absolute Gasteiger partial charge is 0.454 e. The molecule has 0 spiro atoms. The number of rotatable bonds is 7. The second-order valence-corrected chi connectivity index (χ2v) is 10.5. The molecule has 3 aromatic carbocycles. The van der Waals surface area contributed by atoms with Gasteiger partial charge in [-0.25, -0.2) is 4.79 Å². The van der Waals surface area contributed by atoms with Gasteiger partial charge in [0.05, 0.1) is 0 Å². The number of likely N-dealkylation sites (tertiary alicyclic amines) is 1. The van der Waals surface area contributed by atoms with Crippen molar-refractivity contribution in [2.75, 3.05) is 25.3 Å². The summed E-state index contributed by atoms with van der Waals surface area (Å²) >= 11 is 0. The van der Waals surface area contributed by atoms with E-state index in [9.17, 15) is 29.1 Å². The highest BCUT2D eigenvalue weighted by Gasteiger charge is 2.83. The van der Waals surface area contributed by atoms with Gasteiger partial charge in [0.2, 0.25) is 29.6 Å². The molecule has 3 aromatic rings. The first-order valence-corrected chi connectivity index (χ1v) is 13.3. The maximum atomic E-state index is 14.4. The predicted molar refractivity (Wildman–Crippen MR) is 155 cm³/mol. The zero-order valence-electron chi connectivity index (χ0n) is 23.5. The molecule has 0 bridgehead atoms. The van der Waals surface area contributed by atoms with Crippen LogP contribution in [0.2, 0.25) is 0 Å². The Morgan fingerprint density at radius 2 is 1.34 bits per heavy atom. The summed E-state index contributed by atoms with van der Waals surface area (Å²) in [7, 11) is 1.33. The molecule has 9 N–H and O–H groups in total. The van der Waals surface area contributed by atoms with Crippen LogP contribution in [-0.2, 0) is 24.8 Å². The van der Waals surface area contributed by atoms with Gasteiger partial charge in [0.15, 0.2) is 11.5 Å². The number of primary amides is 4. The van der Waals surface area contributed by atoms with Gasteiger partial charge in [-0.05, 0) is 35.4 Å². The molecule has 44 heavy (non-hydrogen) atoms. The topological polar surface area (TPSA) is 235 Å². The van der Waals surface area contributed by atoms with E-state index in [-0.39, 0.29) is 23.7 Å². The van der Waals surface area contributed by atoms with Crippen molar-refractivity contribution in [2.45, 2.75) is 17.1 Å². The summed E-state index contributed by atoms with van der Waals surface area (Å²) in [5.74, 6) is -7.72. The van der Waals surface area contributed by atoms with E-state index in [4.69, 9.17) is 32.4 Å². The first kappa shape index (κ1) is 29.8. The third-order valence-electron chi connectivity index (χ3n) is 8.52. The Morgan fingerprint density at radius 1 is 0.795 bits per heavy atom. The Balaban J connectivity index is 1.92. The molecule has 228 valence electrons. The van der Waals surface area contributed by atoms with Gasteiger partial charge >= 0.3 is 6.03 Å². The minimum absolute atomic E-state index is 0.0993. The van der Waals surface area contributed by atoms with Gasteiger partial charge in [0, 0.05) is 25.2 Å². The van der Waals surface area contributed by atoms with E-state index in [1.165, 1.54) is 49.5 Å². The van der Waals surface area contributed by atoms with Crippen LogP contribution in [0.5, 0.6) is 11.5 Å². The van der Waals surface area contributed by atoms with E-state index in [1.807, 2.05) is 0 Å². The molecule has 0 aromatic heterocycles. The van der Waals surface area contributed by atoms with E-state index in [1.54, 1.807) is 36.4 Å². The van der Waals surface area contributed by atoms with Crippen molar-refractivity contribution in [3.05, 3.63) is 90.0 Å². The van der Waals surface area contributed by atoms with Gasteiger partial charge < -0.3 is 37.5 Å². The highest BCUT2D eigenvalue weighted by atomic mass is 16.7. The highest BCUT2D eigenvalue weighted by Crippen LogP contribution is 2.60. The summed E-state index contributed by atoms with van der Waals surface area (Å²) in [5, 5.41) is 13.0. The predicted octanol–water partition coefficient (Wildman–Crippen LogP) is -0.375. The van der Waals surface area contributed by atoms with Crippen LogP contribution < -0.4 is 37.3 Å². The lowest BCUT2D eigenvalue weighted by molar-refractivity contribution is -0.211. The van der Waals surface area contributed by atoms with Crippen LogP contribution >= 0.6 is 0 Å². The third-order valence-corrected chi connectivity index (χ3v) is 8.52. The quantitative estimate of drug-likeness (QED) is 0.223. The number of hydrogen-bond donors (Lipinski definition) is 5. The lowest BCUT2D eigenvalue weighted by Crippen LogP contribution is -2.88.